The number of carbonyl (C=O) groups is 2. The lowest BCUT2D eigenvalue weighted by Crippen LogP contribution is -2.29. The molecule has 0 aromatic heterocycles. The van der Waals surface area contributed by atoms with E-state index in [1.54, 1.807) is 36.4 Å². The van der Waals surface area contributed by atoms with E-state index in [0.29, 0.717) is 41.7 Å². The van der Waals surface area contributed by atoms with E-state index in [1.165, 1.54) is 14.2 Å². The maximum Gasteiger partial charge on any atom is 0.316 e. The van der Waals surface area contributed by atoms with Crippen molar-refractivity contribution in [1.82, 2.24) is 0 Å². The fourth-order valence-electron chi connectivity index (χ4n) is 3.68. The van der Waals surface area contributed by atoms with Crippen molar-refractivity contribution in [2.45, 2.75) is 39.2 Å². The Morgan fingerprint density at radius 2 is 1.59 bits per heavy atom. The first kappa shape index (κ1) is 27.4. The molecular weight excluding hydrogens is 474 g/mol. The highest BCUT2D eigenvalue weighted by Crippen LogP contribution is 2.39. The second-order valence-electron chi connectivity index (χ2n) is 8.43. The Hall–Kier alpha value is -4.20. The van der Waals surface area contributed by atoms with Crippen LogP contribution in [0.1, 0.15) is 38.2 Å². The molecule has 0 aliphatic heterocycles. The lowest BCUT2D eigenvalue weighted by molar-refractivity contribution is -0.145. The third kappa shape index (κ3) is 7.90. The molecule has 0 spiro atoms. The van der Waals surface area contributed by atoms with Gasteiger partial charge >= 0.3 is 5.97 Å². The first-order chi connectivity index (χ1) is 17.9. The van der Waals surface area contributed by atoms with Crippen LogP contribution in [0.5, 0.6) is 28.7 Å². The van der Waals surface area contributed by atoms with Crippen LogP contribution in [-0.2, 0) is 16.2 Å². The van der Waals surface area contributed by atoms with Gasteiger partial charge in [0.1, 0.15) is 24.0 Å². The van der Waals surface area contributed by atoms with Crippen LogP contribution in [0.15, 0.2) is 66.7 Å². The minimum atomic E-state index is -1.16. The number of amides is 1. The molecule has 8 nitrogen and oxygen atoms in total. The van der Waals surface area contributed by atoms with Crippen molar-refractivity contribution >= 4 is 17.6 Å². The minimum absolute atomic E-state index is 0.264. The fourth-order valence-corrected chi connectivity index (χ4v) is 3.68. The molecule has 0 aliphatic rings. The molecular formula is C29H33NO7. The van der Waals surface area contributed by atoms with Crippen LogP contribution >= 0.6 is 0 Å². The molecule has 1 amide bonds. The number of ether oxygens (including phenoxy) is 4. The minimum Gasteiger partial charge on any atom is -0.497 e. The SMILES string of the molecule is CCCCCC(C(=O)O)C(=O)Nc1ccc(OC)cc1Oc1ccc(OCc2ccccc2)cc1OC. The molecule has 0 bridgehead atoms. The summed E-state index contributed by atoms with van der Waals surface area (Å²) >= 11 is 0. The molecule has 3 aromatic rings. The van der Waals surface area contributed by atoms with Crippen LogP contribution in [0.25, 0.3) is 0 Å². The lowest BCUT2D eigenvalue weighted by atomic mass is 10.0. The van der Waals surface area contributed by atoms with Crippen molar-refractivity contribution in [3.63, 3.8) is 0 Å². The highest BCUT2D eigenvalue weighted by molar-refractivity contribution is 6.04. The molecule has 0 fully saturated rings. The van der Waals surface area contributed by atoms with E-state index in [-0.39, 0.29) is 12.2 Å². The molecule has 0 radical (unpaired) electrons. The average molecular weight is 508 g/mol. The first-order valence-electron chi connectivity index (χ1n) is 12.2. The summed E-state index contributed by atoms with van der Waals surface area (Å²) in [5, 5.41) is 12.3. The van der Waals surface area contributed by atoms with Gasteiger partial charge in [-0.1, -0.05) is 56.5 Å². The molecule has 1 unspecified atom stereocenters. The summed E-state index contributed by atoms with van der Waals surface area (Å²) in [7, 11) is 3.04. The maximum atomic E-state index is 12.8. The van der Waals surface area contributed by atoms with E-state index in [4.69, 9.17) is 18.9 Å². The number of rotatable bonds is 14. The Morgan fingerprint density at radius 1 is 0.865 bits per heavy atom. The second kappa shape index (κ2) is 13.8. The number of unbranched alkanes of at least 4 members (excludes halogenated alkanes) is 2. The molecule has 2 N–H and O–H groups in total. The van der Waals surface area contributed by atoms with E-state index in [9.17, 15) is 14.7 Å². The van der Waals surface area contributed by atoms with Crippen molar-refractivity contribution in [2.24, 2.45) is 5.92 Å². The highest BCUT2D eigenvalue weighted by atomic mass is 16.5. The first-order valence-corrected chi connectivity index (χ1v) is 12.2. The van der Waals surface area contributed by atoms with Crippen LogP contribution in [0, 0.1) is 5.92 Å². The normalized spacial score (nSPS) is 11.3. The summed E-state index contributed by atoms with van der Waals surface area (Å²) in [5.74, 6) is -0.716. The summed E-state index contributed by atoms with van der Waals surface area (Å²) in [5.41, 5.74) is 1.35. The second-order valence-corrected chi connectivity index (χ2v) is 8.43. The van der Waals surface area contributed by atoms with E-state index in [2.05, 4.69) is 5.32 Å². The summed E-state index contributed by atoms with van der Waals surface area (Å²) in [6.45, 7) is 2.42. The Morgan fingerprint density at radius 3 is 2.27 bits per heavy atom. The number of anilines is 1. The van der Waals surface area contributed by atoms with Gasteiger partial charge in [-0.3, -0.25) is 9.59 Å². The number of methoxy groups -OCH3 is 2. The molecule has 0 saturated heterocycles. The van der Waals surface area contributed by atoms with Gasteiger partial charge in [0.2, 0.25) is 5.91 Å². The maximum absolute atomic E-state index is 12.8. The van der Waals surface area contributed by atoms with Gasteiger partial charge in [-0.25, -0.2) is 0 Å². The fraction of sp³-hybridized carbons (Fsp3) is 0.310. The van der Waals surface area contributed by atoms with Gasteiger partial charge in [0.05, 0.1) is 19.9 Å². The van der Waals surface area contributed by atoms with Crippen molar-refractivity contribution in [2.75, 3.05) is 19.5 Å². The van der Waals surface area contributed by atoms with Crippen molar-refractivity contribution in [3.8, 4) is 28.7 Å². The Bertz CT molecular complexity index is 1180. The topological polar surface area (TPSA) is 103 Å². The molecule has 196 valence electrons. The summed E-state index contributed by atoms with van der Waals surface area (Å²) in [6, 6.07) is 19.9. The number of carboxylic acid groups (broad SMARTS) is 1. The largest absolute Gasteiger partial charge is 0.497 e. The molecule has 8 heteroatoms. The number of hydrogen-bond donors (Lipinski definition) is 2. The van der Waals surface area contributed by atoms with Crippen molar-refractivity contribution in [1.29, 1.82) is 0 Å². The van der Waals surface area contributed by atoms with Gasteiger partial charge in [-0.2, -0.15) is 0 Å². The number of nitrogens with one attached hydrogen (secondary N) is 1. The van der Waals surface area contributed by atoms with Crippen LogP contribution in [-0.4, -0.2) is 31.2 Å². The molecule has 0 saturated carbocycles. The highest BCUT2D eigenvalue weighted by Gasteiger charge is 2.27. The van der Waals surface area contributed by atoms with Crippen LogP contribution in [0.4, 0.5) is 5.69 Å². The number of carbonyl (C=O) groups excluding carboxylic acids is 1. The standard InChI is InChI=1S/C29H33NO7/c1-4-5-7-12-23(29(32)33)28(31)30-24-15-13-21(34-2)17-26(24)37-25-16-14-22(18-27(25)35-3)36-19-20-10-8-6-9-11-20/h6,8-11,13-18,23H,4-5,7,12,19H2,1-3H3,(H,30,31)(H,32,33). The predicted molar refractivity (Wildman–Crippen MR) is 141 cm³/mol. The van der Waals surface area contributed by atoms with E-state index >= 15 is 0 Å². The van der Waals surface area contributed by atoms with E-state index < -0.39 is 17.8 Å². The summed E-state index contributed by atoms with van der Waals surface area (Å²) in [6.07, 6.45) is 2.71. The monoisotopic (exact) mass is 507 g/mol. The molecule has 0 heterocycles. The Labute approximate surface area is 217 Å². The van der Waals surface area contributed by atoms with Gasteiger partial charge in [-0.15, -0.1) is 0 Å². The number of hydrogen-bond acceptors (Lipinski definition) is 6. The van der Waals surface area contributed by atoms with Gasteiger partial charge in [0.25, 0.3) is 0 Å². The van der Waals surface area contributed by atoms with Crippen LogP contribution < -0.4 is 24.3 Å². The Kier molecular flexibility index (Phi) is 10.2. The zero-order valence-electron chi connectivity index (χ0n) is 21.4. The van der Waals surface area contributed by atoms with Gasteiger partial charge in [0.15, 0.2) is 17.2 Å². The zero-order chi connectivity index (χ0) is 26.6. The summed E-state index contributed by atoms with van der Waals surface area (Å²) in [4.78, 5) is 24.6. The van der Waals surface area contributed by atoms with E-state index in [1.807, 2.05) is 37.3 Å². The number of aliphatic carboxylic acids is 1. The van der Waals surface area contributed by atoms with Gasteiger partial charge < -0.3 is 29.4 Å². The third-order valence-electron chi connectivity index (χ3n) is 5.76. The van der Waals surface area contributed by atoms with E-state index in [0.717, 1.165) is 18.4 Å². The quantitative estimate of drug-likeness (QED) is 0.195. The van der Waals surface area contributed by atoms with Gasteiger partial charge in [-0.05, 0) is 36.2 Å². The predicted octanol–water partition coefficient (Wildman–Crippen LogP) is 6.29. The van der Waals surface area contributed by atoms with Crippen LogP contribution in [0.2, 0.25) is 0 Å². The number of carboxylic acids is 1. The average Bonchev–Trinajstić information content (AvgIpc) is 2.91. The van der Waals surface area contributed by atoms with Crippen molar-refractivity contribution < 1.29 is 33.6 Å². The molecule has 1 atom stereocenters. The molecule has 37 heavy (non-hydrogen) atoms. The molecule has 3 rings (SSSR count). The molecule has 0 aliphatic carbocycles. The van der Waals surface area contributed by atoms with Crippen LogP contribution in [0.3, 0.4) is 0 Å². The Balaban J connectivity index is 1.79. The summed E-state index contributed by atoms with van der Waals surface area (Å²) < 4.78 is 22.8. The molecule has 3 aromatic carbocycles. The van der Waals surface area contributed by atoms with Crippen molar-refractivity contribution in [3.05, 3.63) is 72.3 Å². The lowest BCUT2D eigenvalue weighted by Gasteiger charge is -2.18. The smallest absolute Gasteiger partial charge is 0.316 e. The van der Waals surface area contributed by atoms with Gasteiger partial charge in [0, 0.05) is 12.1 Å². The number of benzene rings is 3. The third-order valence-corrected chi connectivity index (χ3v) is 5.76. The zero-order valence-corrected chi connectivity index (χ0v) is 21.4.